The summed E-state index contributed by atoms with van der Waals surface area (Å²) in [7, 11) is 1.57. The van der Waals surface area contributed by atoms with E-state index >= 15 is 0 Å². The van der Waals surface area contributed by atoms with Crippen molar-refractivity contribution in [1.29, 1.82) is 0 Å². The van der Waals surface area contributed by atoms with Crippen LogP contribution in [0.25, 0.3) is 0 Å². The number of carbonyl (C=O) groups excluding carboxylic acids is 1. The second kappa shape index (κ2) is 6.14. The van der Waals surface area contributed by atoms with Crippen molar-refractivity contribution in [3.05, 3.63) is 30.1 Å². The highest BCUT2D eigenvalue weighted by molar-refractivity contribution is 5.75. The first-order valence-corrected chi connectivity index (χ1v) is 5.10. The van der Waals surface area contributed by atoms with E-state index in [0.717, 1.165) is 24.3 Å². The molecule has 1 amide bonds. The van der Waals surface area contributed by atoms with E-state index in [2.05, 4.69) is 4.98 Å². The van der Waals surface area contributed by atoms with Crippen LogP contribution in [0.3, 0.4) is 0 Å². The zero-order valence-corrected chi connectivity index (χ0v) is 9.02. The molecule has 0 aliphatic carbocycles. The van der Waals surface area contributed by atoms with Crippen LogP contribution < -0.4 is 5.84 Å². The summed E-state index contributed by atoms with van der Waals surface area (Å²) in [6.45, 7) is 0. The summed E-state index contributed by atoms with van der Waals surface area (Å²) >= 11 is 0. The van der Waals surface area contributed by atoms with Crippen molar-refractivity contribution in [2.45, 2.75) is 25.7 Å². The molecule has 0 bridgehead atoms. The van der Waals surface area contributed by atoms with Gasteiger partial charge in [-0.15, -0.1) is 0 Å². The third-order valence-electron chi connectivity index (χ3n) is 2.22. The maximum atomic E-state index is 11.1. The van der Waals surface area contributed by atoms with Crippen molar-refractivity contribution in [1.82, 2.24) is 9.99 Å². The molecular formula is C11H17N3O. The average molecular weight is 207 g/mol. The van der Waals surface area contributed by atoms with Gasteiger partial charge in [-0.1, -0.05) is 6.07 Å². The highest BCUT2D eigenvalue weighted by Crippen LogP contribution is 2.05. The molecule has 15 heavy (non-hydrogen) atoms. The number of carbonyl (C=O) groups is 1. The Morgan fingerprint density at radius 1 is 1.53 bits per heavy atom. The summed E-state index contributed by atoms with van der Waals surface area (Å²) in [6.07, 6.45) is 6.97. The molecule has 4 heteroatoms. The number of aromatic nitrogens is 1. The molecule has 0 saturated carbocycles. The Morgan fingerprint density at radius 3 is 2.93 bits per heavy atom. The summed E-state index contributed by atoms with van der Waals surface area (Å²) in [6, 6.07) is 3.97. The predicted octanol–water partition coefficient (Wildman–Crippen LogP) is 1.13. The molecule has 0 unspecified atom stereocenters. The molecule has 0 aliphatic rings. The van der Waals surface area contributed by atoms with E-state index in [0.29, 0.717) is 6.42 Å². The van der Waals surface area contributed by atoms with Gasteiger partial charge in [-0.3, -0.25) is 14.8 Å². The summed E-state index contributed by atoms with van der Waals surface area (Å²) < 4.78 is 0. The van der Waals surface area contributed by atoms with Gasteiger partial charge in [0.15, 0.2) is 0 Å². The molecule has 0 spiro atoms. The number of hydrogen-bond acceptors (Lipinski definition) is 3. The normalized spacial score (nSPS) is 10.0. The fourth-order valence-electron chi connectivity index (χ4n) is 1.33. The molecule has 1 heterocycles. The zero-order valence-electron chi connectivity index (χ0n) is 9.02. The number of unbranched alkanes of at least 4 members (excludes halogenated alkanes) is 1. The Hall–Kier alpha value is -1.42. The number of aryl methyl sites for hydroxylation is 1. The summed E-state index contributed by atoms with van der Waals surface area (Å²) in [5, 5.41) is 1.14. The Labute approximate surface area is 90.1 Å². The topological polar surface area (TPSA) is 59.2 Å². The molecule has 0 saturated heterocycles. The maximum absolute atomic E-state index is 11.1. The first-order chi connectivity index (χ1) is 7.20. The molecule has 0 aliphatic heterocycles. The van der Waals surface area contributed by atoms with Crippen molar-refractivity contribution < 1.29 is 4.79 Å². The Bertz CT molecular complexity index is 298. The Morgan fingerprint density at radius 2 is 2.33 bits per heavy atom. The number of nitrogens with two attached hydrogens (primary N) is 1. The van der Waals surface area contributed by atoms with Crippen LogP contribution in [0.4, 0.5) is 0 Å². The van der Waals surface area contributed by atoms with Crippen LogP contribution in [0.2, 0.25) is 0 Å². The Balaban J connectivity index is 2.15. The number of hydrazine groups is 1. The van der Waals surface area contributed by atoms with E-state index in [-0.39, 0.29) is 5.91 Å². The smallest absolute Gasteiger partial charge is 0.236 e. The van der Waals surface area contributed by atoms with Crippen molar-refractivity contribution in [3.8, 4) is 0 Å². The van der Waals surface area contributed by atoms with Gasteiger partial charge in [0.2, 0.25) is 5.91 Å². The fourth-order valence-corrected chi connectivity index (χ4v) is 1.33. The monoisotopic (exact) mass is 207 g/mol. The van der Waals surface area contributed by atoms with E-state index in [4.69, 9.17) is 5.84 Å². The molecule has 0 fully saturated rings. The van der Waals surface area contributed by atoms with E-state index in [1.54, 1.807) is 13.2 Å². The molecular weight excluding hydrogens is 190 g/mol. The minimum Gasteiger partial charge on any atom is -0.284 e. The number of hydrogen-bond donors (Lipinski definition) is 1. The van der Waals surface area contributed by atoms with Gasteiger partial charge in [0.1, 0.15) is 0 Å². The lowest BCUT2D eigenvalue weighted by Gasteiger charge is -2.08. The summed E-state index contributed by atoms with van der Waals surface area (Å²) in [4.78, 5) is 15.2. The molecule has 0 atom stereocenters. The third kappa shape index (κ3) is 4.56. The molecule has 82 valence electrons. The maximum Gasteiger partial charge on any atom is 0.236 e. The van der Waals surface area contributed by atoms with E-state index in [1.165, 1.54) is 5.56 Å². The quantitative estimate of drug-likeness (QED) is 0.341. The van der Waals surface area contributed by atoms with Gasteiger partial charge in [-0.05, 0) is 30.9 Å². The van der Waals surface area contributed by atoms with Crippen LogP contribution in [0.5, 0.6) is 0 Å². The SMILES string of the molecule is CN(N)C(=O)CCCCc1cccnc1. The number of pyridine rings is 1. The molecule has 2 N–H and O–H groups in total. The standard InChI is InChI=1S/C11H17N3O/c1-14(12)11(15)7-3-2-5-10-6-4-8-13-9-10/h4,6,8-9H,2-3,5,7,12H2,1H3. The first-order valence-electron chi connectivity index (χ1n) is 5.10. The number of amides is 1. The van der Waals surface area contributed by atoms with Gasteiger partial charge in [-0.25, -0.2) is 5.84 Å². The van der Waals surface area contributed by atoms with Crippen LogP contribution >= 0.6 is 0 Å². The highest BCUT2D eigenvalue weighted by Gasteiger charge is 2.03. The van der Waals surface area contributed by atoms with Crippen LogP contribution in [0.15, 0.2) is 24.5 Å². The van der Waals surface area contributed by atoms with Gasteiger partial charge in [0.25, 0.3) is 0 Å². The number of rotatable bonds is 5. The van der Waals surface area contributed by atoms with Crippen molar-refractivity contribution in [3.63, 3.8) is 0 Å². The second-order valence-corrected chi connectivity index (χ2v) is 3.57. The molecule has 0 aromatic carbocycles. The number of nitrogens with zero attached hydrogens (tertiary/aromatic N) is 2. The minimum absolute atomic E-state index is 0.0128. The van der Waals surface area contributed by atoms with E-state index < -0.39 is 0 Å². The molecule has 1 aromatic rings. The van der Waals surface area contributed by atoms with Gasteiger partial charge < -0.3 is 0 Å². The van der Waals surface area contributed by atoms with Crippen molar-refractivity contribution in [2.24, 2.45) is 5.84 Å². The van der Waals surface area contributed by atoms with Crippen LogP contribution in [-0.2, 0) is 11.2 Å². The van der Waals surface area contributed by atoms with Gasteiger partial charge in [-0.2, -0.15) is 0 Å². The molecule has 1 rings (SSSR count). The lowest BCUT2D eigenvalue weighted by Crippen LogP contribution is -2.32. The highest BCUT2D eigenvalue weighted by atomic mass is 16.2. The van der Waals surface area contributed by atoms with Gasteiger partial charge >= 0.3 is 0 Å². The van der Waals surface area contributed by atoms with Crippen LogP contribution in [0, 0.1) is 0 Å². The third-order valence-corrected chi connectivity index (χ3v) is 2.22. The Kier molecular flexibility index (Phi) is 4.77. The minimum atomic E-state index is -0.0128. The largest absolute Gasteiger partial charge is 0.284 e. The second-order valence-electron chi connectivity index (χ2n) is 3.57. The van der Waals surface area contributed by atoms with Gasteiger partial charge in [0.05, 0.1) is 0 Å². The lowest BCUT2D eigenvalue weighted by atomic mass is 10.1. The van der Waals surface area contributed by atoms with Crippen LogP contribution in [0.1, 0.15) is 24.8 Å². The fraction of sp³-hybridized carbons (Fsp3) is 0.455. The molecule has 4 nitrogen and oxygen atoms in total. The molecule has 1 aromatic heterocycles. The van der Waals surface area contributed by atoms with E-state index in [1.807, 2.05) is 18.3 Å². The molecule has 0 radical (unpaired) electrons. The lowest BCUT2D eigenvalue weighted by molar-refractivity contribution is -0.130. The first kappa shape index (κ1) is 11.7. The van der Waals surface area contributed by atoms with Crippen molar-refractivity contribution >= 4 is 5.91 Å². The van der Waals surface area contributed by atoms with Gasteiger partial charge in [0, 0.05) is 25.9 Å². The summed E-state index contributed by atoms with van der Waals surface area (Å²) in [5.74, 6) is 5.29. The van der Waals surface area contributed by atoms with Crippen molar-refractivity contribution in [2.75, 3.05) is 7.05 Å². The summed E-state index contributed by atoms with van der Waals surface area (Å²) in [5.41, 5.74) is 1.21. The average Bonchev–Trinajstić information content (AvgIpc) is 2.25. The van der Waals surface area contributed by atoms with Crippen LogP contribution in [-0.4, -0.2) is 22.9 Å². The zero-order chi connectivity index (χ0) is 11.1. The predicted molar refractivity (Wildman–Crippen MR) is 58.7 cm³/mol. The van der Waals surface area contributed by atoms with E-state index in [9.17, 15) is 4.79 Å².